The lowest BCUT2D eigenvalue weighted by Gasteiger charge is -2.36. The van der Waals surface area contributed by atoms with E-state index < -0.39 is 17.4 Å². The number of halogens is 3. The molecule has 1 aromatic heterocycles. The number of benzene rings is 1. The van der Waals surface area contributed by atoms with Gasteiger partial charge in [0.25, 0.3) is 5.56 Å². The molecular weight excluding hydrogens is 349 g/mol. The maximum absolute atomic E-state index is 12.8. The highest BCUT2D eigenvalue weighted by Crippen LogP contribution is 2.27. The fourth-order valence-electron chi connectivity index (χ4n) is 2.82. The predicted octanol–water partition coefficient (Wildman–Crippen LogP) is 2.32. The van der Waals surface area contributed by atoms with Crippen LogP contribution in [0.25, 0.3) is 0 Å². The quantitative estimate of drug-likeness (QED) is 0.845. The first-order valence-corrected chi connectivity index (χ1v) is 8.03. The Morgan fingerprint density at radius 1 is 1.08 bits per heavy atom. The van der Waals surface area contributed by atoms with E-state index >= 15 is 0 Å². The van der Waals surface area contributed by atoms with Crippen LogP contribution in [0, 0.1) is 0 Å². The molecule has 138 valence electrons. The molecule has 3 rings (SSSR count). The minimum atomic E-state index is -4.66. The molecule has 0 spiro atoms. The van der Waals surface area contributed by atoms with Gasteiger partial charge in [-0.25, -0.2) is 4.98 Å². The summed E-state index contributed by atoms with van der Waals surface area (Å²) in [5, 5.41) is 0. The van der Waals surface area contributed by atoms with Crippen molar-refractivity contribution in [3.63, 3.8) is 0 Å². The number of Topliss-reactive ketones (excluding diaryl/α,β-unsaturated/α-hetero) is 1. The molecule has 2 heterocycles. The van der Waals surface area contributed by atoms with Crippen LogP contribution >= 0.6 is 0 Å². The van der Waals surface area contributed by atoms with Gasteiger partial charge in [-0.05, 0) is 31.2 Å². The Bertz CT molecular complexity index is 854. The highest BCUT2D eigenvalue weighted by atomic mass is 19.4. The summed E-state index contributed by atoms with van der Waals surface area (Å²) in [6.45, 7) is 3.44. The zero-order chi connectivity index (χ0) is 18.9. The van der Waals surface area contributed by atoms with Crippen LogP contribution in [-0.4, -0.2) is 41.9 Å². The monoisotopic (exact) mass is 366 g/mol. The lowest BCUT2D eigenvalue weighted by molar-refractivity contribution is -0.141. The van der Waals surface area contributed by atoms with Crippen molar-refractivity contribution in [3.8, 4) is 0 Å². The van der Waals surface area contributed by atoms with Crippen LogP contribution in [0.2, 0.25) is 0 Å². The highest BCUT2D eigenvalue weighted by molar-refractivity contribution is 5.94. The van der Waals surface area contributed by atoms with Crippen LogP contribution in [0.1, 0.15) is 23.0 Å². The van der Waals surface area contributed by atoms with Gasteiger partial charge in [0.1, 0.15) is 0 Å². The summed E-state index contributed by atoms with van der Waals surface area (Å²) in [4.78, 5) is 32.4. The molecule has 0 saturated carbocycles. The van der Waals surface area contributed by atoms with Crippen molar-refractivity contribution >= 4 is 17.4 Å². The molecule has 0 amide bonds. The summed E-state index contributed by atoms with van der Waals surface area (Å²) < 4.78 is 38.5. The number of carbonyl (C=O) groups excluding carboxylic acids is 1. The van der Waals surface area contributed by atoms with E-state index in [1.54, 1.807) is 17.0 Å². The Morgan fingerprint density at radius 3 is 2.19 bits per heavy atom. The van der Waals surface area contributed by atoms with E-state index in [-0.39, 0.29) is 11.7 Å². The van der Waals surface area contributed by atoms with Gasteiger partial charge >= 0.3 is 6.18 Å². The molecule has 0 aliphatic carbocycles. The molecule has 26 heavy (non-hydrogen) atoms. The number of ketones is 1. The number of piperazine rings is 1. The average molecular weight is 366 g/mol. The summed E-state index contributed by atoms with van der Waals surface area (Å²) in [7, 11) is 0. The van der Waals surface area contributed by atoms with Crippen LogP contribution in [0.5, 0.6) is 0 Å². The van der Waals surface area contributed by atoms with Crippen LogP contribution < -0.4 is 15.4 Å². The maximum Gasteiger partial charge on any atom is 0.433 e. The average Bonchev–Trinajstić information content (AvgIpc) is 2.61. The van der Waals surface area contributed by atoms with Crippen molar-refractivity contribution in [2.24, 2.45) is 0 Å². The van der Waals surface area contributed by atoms with Crippen LogP contribution in [-0.2, 0) is 6.18 Å². The van der Waals surface area contributed by atoms with Crippen molar-refractivity contribution in [2.75, 3.05) is 36.0 Å². The number of nitrogens with zero attached hydrogens (tertiary/aromatic N) is 3. The Kier molecular flexibility index (Phi) is 4.71. The molecule has 6 nitrogen and oxygen atoms in total. The van der Waals surface area contributed by atoms with Gasteiger partial charge in [-0.15, -0.1) is 0 Å². The second-order valence-electron chi connectivity index (χ2n) is 6.03. The third-order valence-corrected chi connectivity index (χ3v) is 4.24. The summed E-state index contributed by atoms with van der Waals surface area (Å²) >= 11 is 0. The van der Waals surface area contributed by atoms with E-state index in [0.29, 0.717) is 37.8 Å². The fraction of sp³-hybridized carbons (Fsp3) is 0.353. The largest absolute Gasteiger partial charge is 0.433 e. The zero-order valence-corrected chi connectivity index (χ0v) is 14.0. The smallest absolute Gasteiger partial charge is 0.368 e. The van der Waals surface area contributed by atoms with Gasteiger partial charge < -0.3 is 9.80 Å². The SMILES string of the molecule is CC(=O)c1ccc(N2CCN(c3nc(C(F)(F)F)cc(=O)[nH]3)CC2)cc1. The number of aromatic amines is 1. The number of aromatic nitrogens is 2. The molecule has 1 fully saturated rings. The summed E-state index contributed by atoms with van der Waals surface area (Å²) in [6.07, 6.45) is -4.66. The van der Waals surface area contributed by atoms with Gasteiger partial charge in [0.15, 0.2) is 11.5 Å². The van der Waals surface area contributed by atoms with E-state index in [1.807, 2.05) is 12.1 Å². The Hall–Kier alpha value is -2.84. The minimum absolute atomic E-state index is 0.0130. The number of rotatable bonds is 3. The standard InChI is InChI=1S/C17H17F3N4O2/c1-11(25)12-2-4-13(5-3-12)23-6-8-24(9-7-23)16-21-14(17(18,19)20)10-15(26)22-16/h2-5,10H,6-9H2,1H3,(H,21,22,26). The number of hydrogen-bond donors (Lipinski definition) is 1. The molecule has 1 aromatic carbocycles. The first-order valence-electron chi connectivity index (χ1n) is 8.03. The second kappa shape index (κ2) is 6.81. The van der Waals surface area contributed by atoms with E-state index in [9.17, 15) is 22.8 Å². The summed E-state index contributed by atoms with van der Waals surface area (Å²) in [6, 6.07) is 7.63. The maximum atomic E-state index is 12.8. The van der Waals surface area contributed by atoms with Gasteiger partial charge in [-0.2, -0.15) is 13.2 Å². The van der Waals surface area contributed by atoms with Crippen molar-refractivity contribution in [3.05, 3.63) is 51.9 Å². The van der Waals surface area contributed by atoms with Crippen LogP contribution in [0.3, 0.4) is 0 Å². The molecule has 0 bridgehead atoms. The Balaban J connectivity index is 1.71. The van der Waals surface area contributed by atoms with Gasteiger partial charge in [0.05, 0.1) is 0 Å². The molecule has 9 heteroatoms. The van der Waals surface area contributed by atoms with E-state index in [2.05, 4.69) is 14.9 Å². The highest BCUT2D eigenvalue weighted by Gasteiger charge is 2.34. The second-order valence-corrected chi connectivity index (χ2v) is 6.03. The number of anilines is 2. The van der Waals surface area contributed by atoms with Crippen LogP contribution in [0.4, 0.5) is 24.8 Å². The lowest BCUT2D eigenvalue weighted by Crippen LogP contribution is -2.47. The van der Waals surface area contributed by atoms with Crippen molar-refractivity contribution in [1.82, 2.24) is 9.97 Å². The molecule has 1 N–H and O–H groups in total. The number of carbonyl (C=O) groups is 1. The molecule has 1 aliphatic heterocycles. The predicted molar refractivity (Wildman–Crippen MR) is 90.7 cm³/mol. The van der Waals surface area contributed by atoms with Crippen molar-refractivity contribution in [2.45, 2.75) is 13.1 Å². The van der Waals surface area contributed by atoms with Gasteiger partial charge in [-0.1, -0.05) is 0 Å². The van der Waals surface area contributed by atoms with Crippen molar-refractivity contribution in [1.29, 1.82) is 0 Å². The van der Waals surface area contributed by atoms with E-state index in [4.69, 9.17) is 0 Å². The van der Waals surface area contributed by atoms with Crippen LogP contribution in [0.15, 0.2) is 35.1 Å². The molecule has 1 aliphatic rings. The molecular formula is C17H17F3N4O2. The van der Waals surface area contributed by atoms with Crippen molar-refractivity contribution < 1.29 is 18.0 Å². The molecule has 2 aromatic rings. The topological polar surface area (TPSA) is 69.3 Å². The molecule has 0 radical (unpaired) electrons. The summed E-state index contributed by atoms with van der Waals surface area (Å²) in [5.41, 5.74) is -0.471. The molecule has 0 atom stereocenters. The number of H-pyrrole nitrogens is 1. The molecule has 1 saturated heterocycles. The Morgan fingerprint density at radius 2 is 1.65 bits per heavy atom. The van der Waals surface area contributed by atoms with E-state index in [1.165, 1.54) is 6.92 Å². The number of alkyl halides is 3. The molecule has 0 unspecified atom stereocenters. The third kappa shape index (κ3) is 3.87. The fourth-order valence-corrected chi connectivity index (χ4v) is 2.82. The zero-order valence-electron chi connectivity index (χ0n) is 14.0. The van der Waals surface area contributed by atoms with Gasteiger partial charge in [0.2, 0.25) is 5.95 Å². The number of nitrogens with one attached hydrogen (secondary N) is 1. The first kappa shape index (κ1) is 18.0. The Labute approximate surface area is 147 Å². The summed E-state index contributed by atoms with van der Waals surface area (Å²) in [5.74, 6) is -0.0858. The number of hydrogen-bond acceptors (Lipinski definition) is 5. The van der Waals surface area contributed by atoms with E-state index in [0.717, 1.165) is 5.69 Å². The van der Waals surface area contributed by atoms with Gasteiger partial charge in [0, 0.05) is 43.5 Å². The third-order valence-electron chi connectivity index (χ3n) is 4.24. The first-order chi connectivity index (χ1) is 12.2. The van der Waals surface area contributed by atoms with Gasteiger partial charge in [-0.3, -0.25) is 14.6 Å². The normalized spacial score (nSPS) is 15.2. The lowest BCUT2D eigenvalue weighted by atomic mass is 10.1. The minimum Gasteiger partial charge on any atom is -0.368 e.